The molecule has 0 heterocycles. The second-order valence-corrected chi connectivity index (χ2v) is 14.9. The predicted octanol–water partition coefficient (Wildman–Crippen LogP) is 4.48. The van der Waals surface area contributed by atoms with Crippen molar-refractivity contribution in [1.82, 2.24) is 0 Å². The molecule has 6 nitrogen and oxygen atoms in total. The molecule has 36 heavy (non-hydrogen) atoms. The molecule has 11 heteroatoms. The van der Waals surface area contributed by atoms with E-state index >= 15 is 0 Å². The van der Waals surface area contributed by atoms with Crippen LogP contribution in [0.25, 0.3) is 0 Å². The number of carboxylic acids is 1. The van der Waals surface area contributed by atoms with Gasteiger partial charge in [-0.05, 0) is 33.1 Å². The number of carbonyl (C=O) groups is 1. The van der Waals surface area contributed by atoms with Crippen LogP contribution in [0.5, 0.6) is 11.5 Å². The van der Waals surface area contributed by atoms with E-state index in [-0.39, 0.29) is 11.3 Å². The molecule has 0 radical (unpaired) electrons. The van der Waals surface area contributed by atoms with Crippen molar-refractivity contribution in [2.24, 2.45) is 0 Å². The second kappa shape index (κ2) is 9.98. The number of rotatable bonds is 8. The first-order valence-electron chi connectivity index (χ1n) is 10.8. The average Bonchev–Trinajstić information content (AvgIpc) is 2.76. The third-order valence-corrected chi connectivity index (χ3v) is 11.4. The molecule has 0 aliphatic heterocycles. The molecule has 0 atom stereocenters. The van der Waals surface area contributed by atoms with E-state index in [0.717, 1.165) is 22.5 Å². The Hall–Kier alpha value is -3.31. The fourth-order valence-electron chi connectivity index (χ4n) is 4.01. The number of hydrogen-bond donors (Lipinski definition) is 1. The highest BCUT2D eigenvalue weighted by Gasteiger charge is 2.52. The molecule has 192 valence electrons. The Labute approximate surface area is 208 Å². The molecule has 0 saturated heterocycles. The SMILES string of the molecule is CC(C)(C)[Si](Oc1cc(CC(=O)O)cc(OS(=O)(=O)C(F)(F)F)c1)(c1ccccc1)c1ccccc1. The molecule has 0 amide bonds. The lowest BCUT2D eigenvalue weighted by Gasteiger charge is -2.43. The number of aliphatic carboxylic acids is 1. The number of carboxylic acid groups (broad SMARTS) is 1. The van der Waals surface area contributed by atoms with Crippen molar-refractivity contribution in [2.45, 2.75) is 37.7 Å². The van der Waals surface area contributed by atoms with Gasteiger partial charge in [0.25, 0.3) is 0 Å². The zero-order chi connectivity index (χ0) is 26.8. The maximum Gasteiger partial charge on any atom is 0.534 e. The van der Waals surface area contributed by atoms with Crippen LogP contribution in [0.3, 0.4) is 0 Å². The first kappa shape index (κ1) is 27.3. The molecule has 0 unspecified atom stereocenters. The molecule has 1 N–H and O–H groups in total. The minimum Gasteiger partial charge on any atom is -0.534 e. The van der Waals surface area contributed by atoms with Gasteiger partial charge in [0.05, 0.1) is 6.42 Å². The third-order valence-electron chi connectivity index (χ3n) is 5.47. The number of halogens is 3. The Morgan fingerprint density at radius 3 is 1.75 bits per heavy atom. The van der Waals surface area contributed by atoms with E-state index in [0.29, 0.717) is 0 Å². The van der Waals surface area contributed by atoms with E-state index in [9.17, 15) is 31.5 Å². The minimum atomic E-state index is -5.98. The molecular weight excluding hydrogens is 513 g/mol. The molecule has 0 fully saturated rings. The van der Waals surface area contributed by atoms with Crippen LogP contribution < -0.4 is 19.0 Å². The van der Waals surface area contributed by atoms with Gasteiger partial charge in [-0.3, -0.25) is 4.79 Å². The Bertz CT molecular complexity index is 1280. The van der Waals surface area contributed by atoms with Crippen molar-refractivity contribution in [3.8, 4) is 11.5 Å². The average molecular weight is 539 g/mol. The maximum atomic E-state index is 13.0. The van der Waals surface area contributed by atoms with Gasteiger partial charge < -0.3 is 13.7 Å². The standard InChI is InChI=1S/C25H25F3O6SSi/c1-24(2,3)36(21-10-6-4-7-11-21,22-12-8-5-9-13-22)34-20-15-18(16-23(29)30)14-19(17-20)33-35(31,32)25(26,27)28/h4-15,17H,16H2,1-3H3,(H,29,30). The van der Waals surface area contributed by atoms with Crippen molar-refractivity contribution in [3.63, 3.8) is 0 Å². The molecule has 0 spiro atoms. The lowest BCUT2D eigenvalue weighted by Crippen LogP contribution is -2.68. The fourth-order valence-corrected chi connectivity index (χ4v) is 8.86. The van der Waals surface area contributed by atoms with Gasteiger partial charge >= 0.3 is 29.9 Å². The van der Waals surface area contributed by atoms with E-state index < -0.39 is 47.1 Å². The van der Waals surface area contributed by atoms with Gasteiger partial charge in [0.2, 0.25) is 0 Å². The zero-order valence-corrected chi connectivity index (χ0v) is 21.6. The molecule has 0 saturated carbocycles. The van der Waals surface area contributed by atoms with Crippen LogP contribution in [-0.4, -0.2) is 33.3 Å². The Balaban J connectivity index is 2.24. The Morgan fingerprint density at radius 2 is 1.33 bits per heavy atom. The summed E-state index contributed by atoms with van der Waals surface area (Å²) in [7, 11) is -9.23. The van der Waals surface area contributed by atoms with Crippen molar-refractivity contribution >= 4 is 34.8 Å². The van der Waals surface area contributed by atoms with E-state index in [1.807, 2.05) is 81.4 Å². The molecule has 0 aliphatic rings. The molecule has 3 rings (SSSR count). The van der Waals surface area contributed by atoms with Gasteiger partial charge in [-0.15, -0.1) is 0 Å². The molecular formula is C25H25F3O6SSi. The number of benzene rings is 3. The lowest BCUT2D eigenvalue weighted by molar-refractivity contribution is -0.136. The summed E-state index contributed by atoms with van der Waals surface area (Å²) in [5.74, 6) is -1.96. The van der Waals surface area contributed by atoms with Crippen LogP contribution >= 0.6 is 0 Å². The van der Waals surface area contributed by atoms with Crippen LogP contribution in [0.4, 0.5) is 13.2 Å². The summed E-state index contributed by atoms with van der Waals surface area (Å²) < 4.78 is 73.2. The fraction of sp³-hybridized carbons (Fsp3) is 0.240. The van der Waals surface area contributed by atoms with Gasteiger partial charge in [-0.2, -0.15) is 21.6 Å². The van der Waals surface area contributed by atoms with Gasteiger partial charge in [-0.1, -0.05) is 81.4 Å². The Kier molecular flexibility index (Phi) is 7.56. The largest absolute Gasteiger partial charge is 0.534 e. The van der Waals surface area contributed by atoms with Gasteiger partial charge in [-0.25, -0.2) is 0 Å². The summed E-state index contributed by atoms with van der Waals surface area (Å²) in [5.41, 5.74) is -5.64. The number of hydrogen-bond acceptors (Lipinski definition) is 5. The maximum absolute atomic E-state index is 13.0. The summed E-state index contributed by atoms with van der Waals surface area (Å²) >= 11 is 0. The highest BCUT2D eigenvalue weighted by atomic mass is 32.2. The topological polar surface area (TPSA) is 89.9 Å². The van der Waals surface area contributed by atoms with Crippen LogP contribution in [-0.2, 0) is 21.3 Å². The highest BCUT2D eigenvalue weighted by molar-refractivity contribution is 7.88. The molecule has 3 aromatic carbocycles. The van der Waals surface area contributed by atoms with Crippen molar-refractivity contribution in [1.29, 1.82) is 0 Å². The number of alkyl halides is 3. The van der Waals surface area contributed by atoms with Crippen molar-refractivity contribution in [2.75, 3.05) is 0 Å². The van der Waals surface area contributed by atoms with Crippen LogP contribution in [0.15, 0.2) is 78.9 Å². The monoisotopic (exact) mass is 538 g/mol. The zero-order valence-electron chi connectivity index (χ0n) is 19.7. The molecule has 3 aromatic rings. The van der Waals surface area contributed by atoms with E-state index in [1.165, 1.54) is 6.07 Å². The van der Waals surface area contributed by atoms with E-state index in [2.05, 4.69) is 4.18 Å². The van der Waals surface area contributed by atoms with Crippen LogP contribution in [0.2, 0.25) is 5.04 Å². The van der Waals surface area contributed by atoms with Crippen LogP contribution in [0.1, 0.15) is 26.3 Å². The molecule has 0 bridgehead atoms. The normalized spacial score (nSPS) is 12.7. The first-order valence-corrected chi connectivity index (χ1v) is 14.1. The summed E-state index contributed by atoms with van der Waals surface area (Å²) in [6, 6.07) is 22.0. The van der Waals surface area contributed by atoms with Crippen molar-refractivity contribution < 1.29 is 40.1 Å². The van der Waals surface area contributed by atoms with Crippen molar-refractivity contribution in [3.05, 3.63) is 84.4 Å². The predicted molar refractivity (Wildman–Crippen MR) is 132 cm³/mol. The summed E-state index contributed by atoms with van der Waals surface area (Å²) in [4.78, 5) is 11.4. The first-order chi connectivity index (χ1) is 16.7. The van der Waals surface area contributed by atoms with E-state index in [1.54, 1.807) is 0 Å². The quantitative estimate of drug-likeness (QED) is 0.258. The summed E-state index contributed by atoms with van der Waals surface area (Å²) in [5, 5.41) is 10.5. The van der Waals surface area contributed by atoms with Gasteiger partial charge in [0.15, 0.2) is 0 Å². The lowest BCUT2D eigenvalue weighted by atomic mass is 10.1. The molecule has 0 aliphatic carbocycles. The highest BCUT2D eigenvalue weighted by Crippen LogP contribution is 2.39. The summed E-state index contributed by atoms with van der Waals surface area (Å²) in [6.07, 6.45) is -0.583. The minimum absolute atomic E-state index is 0.00424. The van der Waals surface area contributed by atoms with Crippen LogP contribution in [0, 0.1) is 0 Å². The summed E-state index contributed by atoms with van der Waals surface area (Å²) in [6.45, 7) is 5.93. The smallest absolute Gasteiger partial charge is 0.534 e. The van der Waals surface area contributed by atoms with Gasteiger partial charge in [0, 0.05) is 6.07 Å². The second-order valence-electron chi connectivity index (χ2n) is 9.13. The van der Waals surface area contributed by atoms with E-state index in [4.69, 9.17) is 4.43 Å². The Morgan fingerprint density at radius 1 is 0.861 bits per heavy atom. The van der Waals surface area contributed by atoms with Gasteiger partial charge in [0.1, 0.15) is 11.5 Å². The molecule has 0 aromatic heterocycles. The third kappa shape index (κ3) is 5.73.